The number of nitriles is 1. The lowest BCUT2D eigenvalue weighted by molar-refractivity contribution is -0.122. The number of halogens is 1. The lowest BCUT2D eigenvalue weighted by Gasteiger charge is -2.18. The number of amides is 2. The van der Waals surface area contributed by atoms with Gasteiger partial charge in [0, 0.05) is 13.0 Å². The molecule has 1 heterocycles. The van der Waals surface area contributed by atoms with E-state index in [1.807, 2.05) is 0 Å². The highest BCUT2D eigenvalue weighted by molar-refractivity contribution is 6.33. The van der Waals surface area contributed by atoms with Gasteiger partial charge in [0.25, 0.3) is 0 Å². The maximum absolute atomic E-state index is 12.4. The van der Waals surface area contributed by atoms with Crippen LogP contribution in [0.4, 0.5) is 11.4 Å². The van der Waals surface area contributed by atoms with Crippen molar-refractivity contribution in [2.45, 2.75) is 6.42 Å². The summed E-state index contributed by atoms with van der Waals surface area (Å²) in [4.78, 5) is 26.2. The van der Waals surface area contributed by atoms with E-state index in [9.17, 15) is 14.9 Å². The van der Waals surface area contributed by atoms with Gasteiger partial charge in [-0.05, 0) is 24.3 Å². The molecule has 2 aromatic rings. The molecule has 24 heavy (non-hydrogen) atoms. The molecular weight excluding hydrogens is 326 g/mol. The minimum absolute atomic E-state index is 0.107. The average Bonchev–Trinajstić information content (AvgIpc) is 2.98. The predicted octanol–water partition coefficient (Wildman–Crippen LogP) is 3.20. The van der Waals surface area contributed by atoms with Crippen LogP contribution in [0.2, 0.25) is 5.02 Å². The highest BCUT2D eigenvalue weighted by atomic mass is 35.5. The predicted molar refractivity (Wildman–Crippen MR) is 91.7 cm³/mol. The maximum atomic E-state index is 12.4. The van der Waals surface area contributed by atoms with E-state index in [0.717, 1.165) is 0 Å². The Bertz CT molecular complexity index is 844. The fourth-order valence-corrected chi connectivity index (χ4v) is 2.90. The van der Waals surface area contributed by atoms with Crippen LogP contribution < -0.4 is 10.2 Å². The van der Waals surface area contributed by atoms with Crippen molar-refractivity contribution in [2.75, 3.05) is 16.8 Å². The Morgan fingerprint density at radius 3 is 2.67 bits per heavy atom. The standard InChI is InChI=1S/C18H14ClN3O2/c19-14-6-2-3-7-15(14)21-18(24)13-9-17(23)22(11-13)16-8-4-1-5-12(16)10-20/h1-8,13H,9,11H2,(H,21,24). The SMILES string of the molecule is N#Cc1ccccc1N1CC(C(=O)Nc2ccccc2Cl)CC1=O. The lowest BCUT2D eigenvalue weighted by atomic mass is 10.1. The first kappa shape index (κ1) is 16.0. The molecule has 6 heteroatoms. The number of carbonyl (C=O) groups excluding carboxylic acids is 2. The number of hydrogen-bond acceptors (Lipinski definition) is 3. The summed E-state index contributed by atoms with van der Waals surface area (Å²) in [5.41, 5.74) is 1.48. The Morgan fingerprint density at radius 2 is 1.92 bits per heavy atom. The zero-order valence-corrected chi connectivity index (χ0v) is 13.5. The zero-order valence-electron chi connectivity index (χ0n) is 12.7. The van der Waals surface area contributed by atoms with Gasteiger partial charge < -0.3 is 10.2 Å². The average molecular weight is 340 g/mol. The summed E-state index contributed by atoms with van der Waals surface area (Å²) in [6.45, 7) is 0.244. The Kier molecular flexibility index (Phi) is 4.50. The molecule has 1 unspecified atom stereocenters. The molecule has 1 atom stereocenters. The molecule has 1 aliphatic rings. The fourth-order valence-electron chi connectivity index (χ4n) is 2.72. The molecule has 2 amide bonds. The van der Waals surface area contributed by atoms with Crippen molar-refractivity contribution in [1.29, 1.82) is 5.26 Å². The molecule has 5 nitrogen and oxygen atoms in total. The topological polar surface area (TPSA) is 73.2 Å². The van der Waals surface area contributed by atoms with Gasteiger partial charge in [-0.15, -0.1) is 0 Å². The summed E-state index contributed by atoms with van der Waals surface area (Å²) >= 11 is 6.04. The molecular formula is C18H14ClN3O2. The van der Waals surface area contributed by atoms with E-state index < -0.39 is 5.92 Å². The van der Waals surface area contributed by atoms with Crippen LogP contribution >= 0.6 is 11.6 Å². The molecule has 2 aromatic carbocycles. The number of hydrogen-bond donors (Lipinski definition) is 1. The van der Waals surface area contributed by atoms with Crippen LogP contribution in [0.3, 0.4) is 0 Å². The molecule has 0 bridgehead atoms. The molecule has 120 valence electrons. The summed E-state index contributed by atoms with van der Waals surface area (Å²) in [6, 6.07) is 15.9. The first-order valence-electron chi connectivity index (χ1n) is 7.45. The van der Waals surface area contributed by atoms with Gasteiger partial charge in [0.15, 0.2) is 0 Å². The molecule has 1 saturated heterocycles. The number of nitrogens with zero attached hydrogens (tertiary/aromatic N) is 2. The Morgan fingerprint density at radius 1 is 1.21 bits per heavy atom. The minimum atomic E-state index is -0.486. The van der Waals surface area contributed by atoms with E-state index in [1.165, 1.54) is 4.90 Å². The van der Waals surface area contributed by atoms with E-state index in [1.54, 1.807) is 48.5 Å². The number of carbonyl (C=O) groups is 2. The van der Waals surface area contributed by atoms with E-state index in [2.05, 4.69) is 11.4 Å². The van der Waals surface area contributed by atoms with Gasteiger partial charge in [0.1, 0.15) is 6.07 Å². The molecule has 3 rings (SSSR count). The maximum Gasteiger partial charge on any atom is 0.229 e. The first-order chi connectivity index (χ1) is 11.6. The van der Waals surface area contributed by atoms with E-state index in [0.29, 0.717) is 22.0 Å². The third kappa shape index (κ3) is 3.10. The second-order valence-electron chi connectivity index (χ2n) is 5.50. The zero-order chi connectivity index (χ0) is 17.1. The van der Waals surface area contributed by atoms with Crippen molar-refractivity contribution in [3.63, 3.8) is 0 Å². The van der Waals surface area contributed by atoms with Crippen molar-refractivity contribution in [2.24, 2.45) is 5.92 Å². The van der Waals surface area contributed by atoms with Gasteiger partial charge in [-0.2, -0.15) is 5.26 Å². The number of anilines is 2. The quantitative estimate of drug-likeness (QED) is 0.933. The summed E-state index contributed by atoms with van der Waals surface area (Å²) in [7, 11) is 0. The van der Waals surface area contributed by atoms with Crippen LogP contribution in [0.1, 0.15) is 12.0 Å². The third-order valence-electron chi connectivity index (χ3n) is 3.94. The van der Waals surface area contributed by atoms with Gasteiger partial charge >= 0.3 is 0 Å². The van der Waals surface area contributed by atoms with E-state index in [4.69, 9.17) is 11.6 Å². The van der Waals surface area contributed by atoms with Gasteiger partial charge in [0.05, 0.1) is 27.9 Å². The molecule has 1 fully saturated rings. The highest BCUT2D eigenvalue weighted by Gasteiger charge is 2.36. The number of para-hydroxylation sites is 2. The lowest BCUT2D eigenvalue weighted by Crippen LogP contribution is -2.28. The minimum Gasteiger partial charge on any atom is -0.324 e. The second-order valence-corrected chi connectivity index (χ2v) is 5.91. The summed E-state index contributed by atoms with van der Waals surface area (Å²) in [5.74, 6) is -0.911. The van der Waals surface area contributed by atoms with Gasteiger partial charge in [-0.25, -0.2) is 0 Å². The molecule has 0 saturated carbocycles. The molecule has 0 spiro atoms. The van der Waals surface area contributed by atoms with Crippen LogP contribution in [-0.2, 0) is 9.59 Å². The Labute approximate surface area is 144 Å². The first-order valence-corrected chi connectivity index (χ1v) is 7.83. The smallest absolute Gasteiger partial charge is 0.229 e. The Hall–Kier alpha value is -2.84. The van der Waals surface area contributed by atoms with Gasteiger partial charge in [-0.1, -0.05) is 35.9 Å². The number of benzene rings is 2. The van der Waals surface area contributed by atoms with E-state index in [-0.39, 0.29) is 24.8 Å². The van der Waals surface area contributed by atoms with Crippen molar-refractivity contribution < 1.29 is 9.59 Å². The van der Waals surface area contributed by atoms with Crippen LogP contribution in [0, 0.1) is 17.2 Å². The summed E-state index contributed by atoms with van der Waals surface area (Å²) in [6.07, 6.45) is 0.107. The Balaban J connectivity index is 1.76. The normalized spacial score (nSPS) is 16.8. The highest BCUT2D eigenvalue weighted by Crippen LogP contribution is 2.29. The van der Waals surface area contributed by atoms with Gasteiger partial charge in [-0.3, -0.25) is 9.59 Å². The molecule has 1 aliphatic heterocycles. The molecule has 0 radical (unpaired) electrons. The van der Waals surface area contributed by atoms with E-state index >= 15 is 0 Å². The van der Waals surface area contributed by atoms with Crippen molar-refractivity contribution >= 4 is 34.8 Å². The van der Waals surface area contributed by atoms with Crippen LogP contribution in [0.25, 0.3) is 0 Å². The van der Waals surface area contributed by atoms with Crippen LogP contribution in [0.5, 0.6) is 0 Å². The van der Waals surface area contributed by atoms with Crippen molar-refractivity contribution in [1.82, 2.24) is 0 Å². The summed E-state index contributed by atoms with van der Waals surface area (Å²) in [5, 5.41) is 12.4. The summed E-state index contributed by atoms with van der Waals surface area (Å²) < 4.78 is 0. The van der Waals surface area contributed by atoms with Crippen molar-refractivity contribution in [3.8, 4) is 6.07 Å². The number of rotatable bonds is 3. The fraction of sp³-hybridized carbons (Fsp3) is 0.167. The van der Waals surface area contributed by atoms with Gasteiger partial charge in [0.2, 0.25) is 11.8 Å². The molecule has 0 aliphatic carbocycles. The largest absolute Gasteiger partial charge is 0.324 e. The third-order valence-corrected chi connectivity index (χ3v) is 4.27. The van der Waals surface area contributed by atoms with Crippen LogP contribution in [0.15, 0.2) is 48.5 Å². The monoisotopic (exact) mass is 339 g/mol. The van der Waals surface area contributed by atoms with Crippen LogP contribution in [-0.4, -0.2) is 18.4 Å². The second kappa shape index (κ2) is 6.73. The molecule has 1 N–H and O–H groups in total. The van der Waals surface area contributed by atoms with Crippen molar-refractivity contribution in [3.05, 3.63) is 59.1 Å². The molecule has 0 aromatic heterocycles. The number of nitrogens with one attached hydrogen (secondary N) is 1.